The number of rotatable bonds is 9. The molecule has 2 aromatic rings. The SMILES string of the molecule is CCNC(=NCc1cn2c(C)cccc2n1)NCCCOCC1CC1.I. The van der Waals surface area contributed by atoms with Gasteiger partial charge in [0.1, 0.15) is 5.65 Å². The Morgan fingerprint density at radius 3 is 2.92 bits per heavy atom. The molecule has 1 fully saturated rings. The van der Waals surface area contributed by atoms with Crippen molar-refractivity contribution >= 4 is 35.6 Å². The molecule has 0 radical (unpaired) electrons. The molecule has 2 N–H and O–H groups in total. The van der Waals surface area contributed by atoms with Crippen molar-refractivity contribution in [3.63, 3.8) is 0 Å². The zero-order valence-corrected chi connectivity index (χ0v) is 18.0. The van der Waals surface area contributed by atoms with Crippen LogP contribution >= 0.6 is 24.0 Å². The van der Waals surface area contributed by atoms with Gasteiger partial charge in [0.2, 0.25) is 0 Å². The average molecular weight is 471 g/mol. The van der Waals surface area contributed by atoms with Crippen LogP contribution in [0.5, 0.6) is 0 Å². The minimum Gasteiger partial charge on any atom is -0.381 e. The fraction of sp³-hybridized carbons (Fsp3) is 0.579. The summed E-state index contributed by atoms with van der Waals surface area (Å²) in [5, 5.41) is 6.64. The second-order valence-electron chi connectivity index (χ2n) is 6.62. The number of guanidine groups is 1. The lowest BCUT2D eigenvalue weighted by molar-refractivity contribution is 0.123. The highest BCUT2D eigenvalue weighted by Crippen LogP contribution is 2.28. The maximum atomic E-state index is 5.66. The van der Waals surface area contributed by atoms with Crippen molar-refractivity contribution < 1.29 is 4.74 Å². The standard InChI is InChI=1S/C19H29N5O.HI/c1-3-20-19(21-10-5-11-25-14-16-8-9-16)22-12-17-13-24-15(2)6-4-7-18(24)23-17;/h4,6-7,13,16H,3,5,8-12,14H2,1-2H3,(H2,20,21,22);1H. The molecule has 0 saturated heterocycles. The van der Waals surface area contributed by atoms with Crippen LogP contribution in [-0.2, 0) is 11.3 Å². The van der Waals surface area contributed by atoms with Crippen molar-refractivity contribution in [2.45, 2.75) is 39.7 Å². The van der Waals surface area contributed by atoms with E-state index in [1.165, 1.54) is 18.5 Å². The molecule has 0 aliphatic heterocycles. The number of hydrogen-bond acceptors (Lipinski definition) is 3. The lowest BCUT2D eigenvalue weighted by Gasteiger charge is -2.11. The number of aliphatic imine (C=N–C) groups is 1. The molecule has 3 rings (SSSR count). The van der Waals surface area contributed by atoms with Crippen molar-refractivity contribution in [2.75, 3.05) is 26.3 Å². The van der Waals surface area contributed by atoms with Gasteiger partial charge >= 0.3 is 0 Å². The van der Waals surface area contributed by atoms with Gasteiger partial charge < -0.3 is 19.8 Å². The van der Waals surface area contributed by atoms with Crippen molar-refractivity contribution in [1.29, 1.82) is 0 Å². The number of ether oxygens (including phenoxy) is 1. The summed E-state index contributed by atoms with van der Waals surface area (Å²) in [6.07, 6.45) is 5.74. The lowest BCUT2D eigenvalue weighted by atomic mass is 10.4. The van der Waals surface area contributed by atoms with E-state index in [1.807, 2.05) is 12.1 Å². The van der Waals surface area contributed by atoms with Gasteiger partial charge in [0, 0.05) is 38.2 Å². The fourth-order valence-corrected chi connectivity index (χ4v) is 2.69. The van der Waals surface area contributed by atoms with Crippen molar-refractivity contribution in [3.8, 4) is 0 Å². The zero-order valence-electron chi connectivity index (χ0n) is 15.7. The molecule has 1 aliphatic carbocycles. The fourth-order valence-electron chi connectivity index (χ4n) is 2.69. The van der Waals surface area contributed by atoms with Gasteiger partial charge in [-0.1, -0.05) is 6.07 Å². The van der Waals surface area contributed by atoms with Crippen LogP contribution in [0.1, 0.15) is 37.6 Å². The second-order valence-corrected chi connectivity index (χ2v) is 6.62. The summed E-state index contributed by atoms with van der Waals surface area (Å²) in [6, 6.07) is 6.13. The summed E-state index contributed by atoms with van der Waals surface area (Å²) in [6.45, 7) is 8.17. The highest BCUT2D eigenvalue weighted by Gasteiger charge is 2.20. The van der Waals surface area contributed by atoms with Gasteiger partial charge in [0.05, 0.1) is 12.2 Å². The van der Waals surface area contributed by atoms with E-state index < -0.39 is 0 Å². The number of aromatic nitrogens is 2. The van der Waals surface area contributed by atoms with Crippen LogP contribution in [0.2, 0.25) is 0 Å². The normalized spacial score (nSPS) is 14.3. The Morgan fingerprint density at radius 1 is 1.35 bits per heavy atom. The average Bonchev–Trinajstić information content (AvgIpc) is 3.33. The summed E-state index contributed by atoms with van der Waals surface area (Å²) < 4.78 is 7.76. The monoisotopic (exact) mass is 471 g/mol. The summed E-state index contributed by atoms with van der Waals surface area (Å²) in [7, 11) is 0. The smallest absolute Gasteiger partial charge is 0.191 e. The van der Waals surface area contributed by atoms with Gasteiger partial charge in [0.25, 0.3) is 0 Å². The highest BCUT2D eigenvalue weighted by molar-refractivity contribution is 14.0. The molecule has 0 aromatic carbocycles. The molecule has 2 aromatic heterocycles. The van der Waals surface area contributed by atoms with Crippen LogP contribution in [-0.4, -0.2) is 41.6 Å². The number of fused-ring (bicyclic) bond motifs is 1. The van der Waals surface area contributed by atoms with Gasteiger partial charge in [-0.05, 0) is 51.2 Å². The van der Waals surface area contributed by atoms with Crippen LogP contribution < -0.4 is 10.6 Å². The van der Waals surface area contributed by atoms with Crippen molar-refractivity contribution in [2.24, 2.45) is 10.9 Å². The van der Waals surface area contributed by atoms with Gasteiger partial charge in [-0.2, -0.15) is 0 Å². The van der Waals surface area contributed by atoms with Gasteiger partial charge in [-0.25, -0.2) is 9.98 Å². The number of halogens is 1. The first-order chi connectivity index (χ1) is 12.3. The molecule has 1 saturated carbocycles. The first-order valence-electron chi connectivity index (χ1n) is 9.30. The zero-order chi connectivity index (χ0) is 17.5. The van der Waals surface area contributed by atoms with Crippen LogP contribution in [0.4, 0.5) is 0 Å². The Labute approximate surface area is 172 Å². The molecule has 6 nitrogen and oxygen atoms in total. The van der Waals surface area contributed by atoms with Crippen molar-refractivity contribution in [3.05, 3.63) is 35.8 Å². The van der Waals surface area contributed by atoms with Crippen LogP contribution in [0, 0.1) is 12.8 Å². The molecular formula is C19H30IN5O. The molecule has 26 heavy (non-hydrogen) atoms. The number of imidazole rings is 1. The van der Waals surface area contributed by atoms with E-state index in [0.29, 0.717) is 6.54 Å². The van der Waals surface area contributed by atoms with E-state index in [0.717, 1.165) is 55.9 Å². The number of nitrogens with one attached hydrogen (secondary N) is 2. The molecule has 0 unspecified atom stereocenters. The molecule has 7 heteroatoms. The van der Waals surface area contributed by atoms with E-state index in [-0.39, 0.29) is 24.0 Å². The maximum absolute atomic E-state index is 5.66. The summed E-state index contributed by atoms with van der Waals surface area (Å²) in [5.41, 5.74) is 3.12. The summed E-state index contributed by atoms with van der Waals surface area (Å²) >= 11 is 0. The first kappa shape index (κ1) is 21.0. The summed E-state index contributed by atoms with van der Waals surface area (Å²) in [5.74, 6) is 1.67. The van der Waals surface area contributed by atoms with E-state index in [1.54, 1.807) is 0 Å². The quantitative estimate of drug-likeness (QED) is 0.255. The maximum Gasteiger partial charge on any atom is 0.191 e. The number of nitrogens with zero attached hydrogens (tertiary/aromatic N) is 3. The number of hydrogen-bond donors (Lipinski definition) is 2. The molecule has 1 aliphatic rings. The molecule has 0 bridgehead atoms. The largest absolute Gasteiger partial charge is 0.381 e. The minimum absolute atomic E-state index is 0. The van der Waals surface area contributed by atoms with Crippen LogP contribution in [0.15, 0.2) is 29.4 Å². The molecule has 0 spiro atoms. The van der Waals surface area contributed by atoms with Gasteiger partial charge in [0.15, 0.2) is 5.96 Å². The Balaban J connectivity index is 0.00000243. The molecule has 0 amide bonds. The first-order valence-corrected chi connectivity index (χ1v) is 9.30. The van der Waals surface area contributed by atoms with Crippen LogP contribution in [0.25, 0.3) is 5.65 Å². The Hall–Kier alpha value is -1.35. The molecule has 2 heterocycles. The topological polar surface area (TPSA) is 63.0 Å². The van der Waals surface area contributed by atoms with E-state index in [4.69, 9.17) is 4.74 Å². The van der Waals surface area contributed by atoms with Crippen LogP contribution in [0.3, 0.4) is 0 Å². The van der Waals surface area contributed by atoms with Crippen molar-refractivity contribution in [1.82, 2.24) is 20.0 Å². The summed E-state index contributed by atoms with van der Waals surface area (Å²) in [4.78, 5) is 9.27. The van der Waals surface area contributed by atoms with Gasteiger partial charge in [-0.15, -0.1) is 24.0 Å². The third kappa shape index (κ3) is 6.42. The Kier molecular flexibility index (Phi) is 8.64. The van der Waals surface area contributed by atoms with E-state index in [9.17, 15) is 0 Å². The number of pyridine rings is 1. The predicted octanol–water partition coefficient (Wildman–Crippen LogP) is 3.13. The predicted molar refractivity (Wildman–Crippen MR) is 116 cm³/mol. The van der Waals surface area contributed by atoms with Gasteiger partial charge in [-0.3, -0.25) is 0 Å². The van der Waals surface area contributed by atoms with E-state index >= 15 is 0 Å². The third-order valence-corrected chi connectivity index (χ3v) is 4.30. The Morgan fingerprint density at radius 2 is 2.19 bits per heavy atom. The molecular weight excluding hydrogens is 441 g/mol. The third-order valence-electron chi connectivity index (χ3n) is 4.30. The second kappa shape index (κ2) is 10.7. The molecule has 0 atom stereocenters. The Bertz CT molecular complexity index is 711. The highest BCUT2D eigenvalue weighted by atomic mass is 127. The lowest BCUT2D eigenvalue weighted by Crippen LogP contribution is -2.38. The molecule has 144 valence electrons. The van der Waals surface area contributed by atoms with E-state index in [2.05, 4.69) is 51.1 Å². The minimum atomic E-state index is 0. The number of aryl methyl sites for hydroxylation is 1.